The zero-order valence-corrected chi connectivity index (χ0v) is 19.5. The van der Waals surface area contributed by atoms with E-state index in [2.05, 4.69) is 46.8 Å². The van der Waals surface area contributed by atoms with Crippen molar-refractivity contribution in [2.45, 2.75) is 24.2 Å². The second kappa shape index (κ2) is 10.4. The summed E-state index contributed by atoms with van der Waals surface area (Å²) in [6.07, 6.45) is 0. The van der Waals surface area contributed by atoms with Gasteiger partial charge in [-0.05, 0) is 36.6 Å². The minimum absolute atomic E-state index is 0.0493. The van der Waals surface area contributed by atoms with Crippen molar-refractivity contribution in [3.05, 3.63) is 101 Å². The lowest BCUT2D eigenvalue weighted by Gasteiger charge is -2.19. The molecule has 7 heteroatoms. The fourth-order valence-corrected chi connectivity index (χ4v) is 4.94. The third-order valence-electron chi connectivity index (χ3n) is 4.93. The van der Waals surface area contributed by atoms with Gasteiger partial charge in [-0.15, -0.1) is 10.2 Å². The first kappa shape index (κ1) is 22.0. The van der Waals surface area contributed by atoms with E-state index >= 15 is 0 Å². The Balaban J connectivity index is 1.38. The summed E-state index contributed by atoms with van der Waals surface area (Å²) in [4.78, 5) is 12.8. The lowest BCUT2D eigenvalue weighted by molar-refractivity contribution is -0.119. The maximum atomic E-state index is 12.8. The first-order chi connectivity index (χ1) is 15.6. The highest BCUT2D eigenvalue weighted by atomic mass is 32.2. The Morgan fingerprint density at radius 1 is 0.938 bits per heavy atom. The number of carbonyl (C=O) groups is 1. The number of thioether (sulfide) groups is 1. The molecule has 5 nitrogen and oxygen atoms in total. The van der Waals surface area contributed by atoms with Crippen LogP contribution in [0.4, 0.5) is 10.8 Å². The number of amides is 1. The van der Waals surface area contributed by atoms with Crippen molar-refractivity contribution in [2.24, 2.45) is 0 Å². The van der Waals surface area contributed by atoms with Gasteiger partial charge >= 0.3 is 0 Å². The molecule has 32 heavy (non-hydrogen) atoms. The summed E-state index contributed by atoms with van der Waals surface area (Å²) in [5, 5.41) is 15.6. The van der Waals surface area contributed by atoms with Crippen LogP contribution in [0.3, 0.4) is 0 Å². The van der Waals surface area contributed by atoms with Gasteiger partial charge in [-0.2, -0.15) is 0 Å². The predicted octanol–water partition coefficient (Wildman–Crippen LogP) is 5.90. The third kappa shape index (κ3) is 5.75. The zero-order valence-electron chi connectivity index (χ0n) is 17.9. The minimum atomic E-state index is -0.193. The second-order valence-corrected chi connectivity index (χ2v) is 9.63. The topological polar surface area (TPSA) is 66.9 Å². The molecule has 0 bridgehead atoms. The molecular formula is C25H24N4OS2. The van der Waals surface area contributed by atoms with Crippen molar-refractivity contribution in [3.63, 3.8) is 0 Å². The van der Waals surface area contributed by atoms with Gasteiger partial charge in [0.15, 0.2) is 4.34 Å². The molecule has 4 rings (SSSR count). The average Bonchev–Trinajstić information content (AvgIpc) is 3.26. The van der Waals surface area contributed by atoms with E-state index in [1.807, 2.05) is 66.7 Å². The summed E-state index contributed by atoms with van der Waals surface area (Å²) >= 11 is 2.84. The van der Waals surface area contributed by atoms with Gasteiger partial charge < -0.3 is 10.6 Å². The van der Waals surface area contributed by atoms with Gasteiger partial charge in [0, 0.05) is 5.69 Å². The summed E-state index contributed by atoms with van der Waals surface area (Å²) in [5.74, 6) is 0.223. The summed E-state index contributed by atoms with van der Waals surface area (Å²) < 4.78 is 0.753. The summed E-state index contributed by atoms with van der Waals surface area (Å²) in [7, 11) is 0. The molecule has 162 valence electrons. The molecule has 0 fully saturated rings. The monoisotopic (exact) mass is 460 g/mol. The van der Waals surface area contributed by atoms with Gasteiger partial charge in [0.1, 0.15) is 0 Å². The Labute approximate surface area is 196 Å². The zero-order chi connectivity index (χ0) is 22.3. The number of nitrogens with one attached hydrogen (secondary N) is 2. The molecule has 0 saturated carbocycles. The third-order valence-corrected chi connectivity index (χ3v) is 6.90. The van der Waals surface area contributed by atoms with Crippen LogP contribution in [0.2, 0.25) is 0 Å². The summed E-state index contributed by atoms with van der Waals surface area (Å²) in [6.45, 7) is 4.13. The number of anilines is 2. The molecule has 1 heterocycles. The number of carbonyl (C=O) groups excluding carboxylic acids is 1. The van der Waals surface area contributed by atoms with E-state index in [9.17, 15) is 4.79 Å². The molecule has 0 spiro atoms. The van der Waals surface area contributed by atoms with Crippen LogP contribution in [-0.4, -0.2) is 21.9 Å². The van der Waals surface area contributed by atoms with Crippen LogP contribution < -0.4 is 10.6 Å². The maximum absolute atomic E-state index is 12.8. The number of nitrogens with zero attached hydrogens (tertiary/aromatic N) is 2. The van der Waals surface area contributed by atoms with Crippen LogP contribution in [-0.2, 0) is 4.79 Å². The highest BCUT2D eigenvalue weighted by molar-refractivity contribution is 8.01. The van der Waals surface area contributed by atoms with Gasteiger partial charge in [0.2, 0.25) is 11.0 Å². The van der Waals surface area contributed by atoms with E-state index in [1.165, 1.54) is 28.7 Å². The summed E-state index contributed by atoms with van der Waals surface area (Å²) in [5.41, 5.74) is 5.48. The highest BCUT2D eigenvalue weighted by Gasteiger charge is 2.17. The van der Waals surface area contributed by atoms with Crippen LogP contribution in [0.1, 0.15) is 28.3 Å². The van der Waals surface area contributed by atoms with Crippen LogP contribution in [0.15, 0.2) is 83.2 Å². The van der Waals surface area contributed by atoms with Gasteiger partial charge in [-0.3, -0.25) is 4.79 Å². The molecule has 2 N–H and O–H groups in total. The van der Waals surface area contributed by atoms with Gasteiger partial charge in [-0.1, -0.05) is 101 Å². The van der Waals surface area contributed by atoms with Gasteiger partial charge in [0.05, 0.1) is 11.8 Å². The lowest BCUT2D eigenvalue weighted by atomic mass is 9.99. The lowest BCUT2D eigenvalue weighted by Crippen LogP contribution is -2.30. The first-order valence-electron chi connectivity index (χ1n) is 10.3. The van der Waals surface area contributed by atoms with Crippen molar-refractivity contribution < 1.29 is 4.79 Å². The van der Waals surface area contributed by atoms with Gasteiger partial charge in [-0.25, -0.2) is 0 Å². The van der Waals surface area contributed by atoms with E-state index in [0.29, 0.717) is 5.13 Å². The molecule has 0 unspecified atom stereocenters. The van der Waals surface area contributed by atoms with E-state index in [1.54, 1.807) is 0 Å². The molecule has 0 radical (unpaired) electrons. The standard InChI is InChI=1S/C25H24N4OS2/c1-17-13-14-21(18(2)15-17)26-24-28-29-25(32-24)31-16-22(30)27-23(19-9-5-3-6-10-19)20-11-7-4-8-12-20/h3-15,23H,16H2,1-2H3,(H,26,28)(H,27,30). The molecule has 4 aromatic rings. The Morgan fingerprint density at radius 2 is 1.59 bits per heavy atom. The molecule has 0 saturated heterocycles. The smallest absolute Gasteiger partial charge is 0.231 e. The van der Waals surface area contributed by atoms with E-state index in [-0.39, 0.29) is 17.7 Å². The van der Waals surface area contributed by atoms with Crippen molar-refractivity contribution in [1.82, 2.24) is 15.5 Å². The van der Waals surface area contributed by atoms with E-state index < -0.39 is 0 Å². The molecule has 3 aromatic carbocycles. The Kier molecular flexibility index (Phi) is 7.19. The number of benzene rings is 3. The van der Waals surface area contributed by atoms with Crippen molar-refractivity contribution >= 4 is 39.8 Å². The first-order valence-corrected chi connectivity index (χ1v) is 12.1. The van der Waals surface area contributed by atoms with Crippen molar-refractivity contribution in [2.75, 3.05) is 11.1 Å². The normalized spacial score (nSPS) is 10.8. The molecular weight excluding hydrogens is 436 g/mol. The molecule has 1 aromatic heterocycles. The molecule has 0 aliphatic rings. The van der Waals surface area contributed by atoms with E-state index in [4.69, 9.17) is 0 Å². The number of hydrogen-bond acceptors (Lipinski definition) is 6. The summed E-state index contributed by atoms with van der Waals surface area (Å²) in [6, 6.07) is 26.0. The Hall–Kier alpha value is -3.16. The molecule has 0 atom stereocenters. The van der Waals surface area contributed by atoms with Crippen LogP contribution in [0.25, 0.3) is 0 Å². The Bertz CT molecular complexity index is 1140. The van der Waals surface area contributed by atoms with Crippen molar-refractivity contribution in [3.8, 4) is 0 Å². The fraction of sp³-hybridized carbons (Fsp3) is 0.160. The second-order valence-electron chi connectivity index (χ2n) is 7.43. The number of aryl methyl sites for hydroxylation is 2. The average molecular weight is 461 g/mol. The largest absolute Gasteiger partial charge is 0.344 e. The van der Waals surface area contributed by atoms with Gasteiger partial charge in [0.25, 0.3) is 0 Å². The molecule has 1 amide bonds. The quantitative estimate of drug-likeness (QED) is 0.321. The number of rotatable bonds is 8. The molecule has 0 aliphatic heterocycles. The van der Waals surface area contributed by atoms with E-state index in [0.717, 1.165) is 26.7 Å². The molecule has 0 aliphatic carbocycles. The predicted molar refractivity (Wildman–Crippen MR) is 133 cm³/mol. The number of hydrogen-bond donors (Lipinski definition) is 2. The minimum Gasteiger partial charge on any atom is -0.344 e. The van der Waals surface area contributed by atoms with Crippen LogP contribution in [0.5, 0.6) is 0 Å². The Morgan fingerprint density at radius 3 is 2.22 bits per heavy atom. The van der Waals surface area contributed by atoms with Crippen LogP contribution >= 0.6 is 23.1 Å². The SMILES string of the molecule is Cc1ccc(Nc2nnc(SCC(=O)NC(c3ccccc3)c3ccccc3)s2)c(C)c1. The fourth-order valence-electron chi connectivity index (χ4n) is 3.37. The highest BCUT2D eigenvalue weighted by Crippen LogP contribution is 2.29. The van der Waals surface area contributed by atoms with Crippen molar-refractivity contribution in [1.29, 1.82) is 0 Å². The van der Waals surface area contributed by atoms with Crippen LogP contribution in [0, 0.1) is 13.8 Å². The number of aromatic nitrogens is 2. The maximum Gasteiger partial charge on any atom is 0.231 e.